The molecule has 2 aliphatic rings. The molecule has 2 heterocycles. The van der Waals surface area contributed by atoms with Crippen LogP contribution in [0.3, 0.4) is 0 Å². The van der Waals surface area contributed by atoms with Gasteiger partial charge >= 0.3 is 0 Å². The molecule has 16 heavy (non-hydrogen) atoms. The Hall–Kier alpha value is -0.0300. The average molecular weight is 271 g/mol. The molecule has 2 aliphatic heterocycles. The molecule has 2 fully saturated rings. The molecule has 0 bridgehead atoms. The first kappa shape index (κ1) is 16.0. The van der Waals surface area contributed by atoms with E-state index < -0.39 is 0 Å². The Balaban J connectivity index is 0.00000112. The van der Waals surface area contributed by atoms with Gasteiger partial charge in [-0.2, -0.15) is 0 Å². The number of amides is 1. The molecular formula is C10H20Cl2N2O2. The monoisotopic (exact) mass is 270 g/mol. The van der Waals surface area contributed by atoms with E-state index >= 15 is 0 Å². The average Bonchev–Trinajstić information content (AvgIpc) is 2.30. The zero-order chi connectivity index (χ0) is 9.80. The molecule has 0 unspecified atom stereocenters. The molecule has 0 aromatic carbocycles. The van der Waals surface area contributed by atoms with Gasteiger partial charge in [0.05, 0.1) is 13.2 Å². The molecule has 2 rings (SSSR count). The summed E-state index contributed by atoms with van der Waals surface area (Å²) in [6.45, 7) is 5.70. The maximum Gasteiger partial charge on any atom is 0.209 e. The minimum atomic E-state index is 0. The van der Waals surface area contributed by atoms with E-state index in [-0.39, 0.29) is 24.8 Å². The van der Waals surface area contributed by atoms with Crippen molar-refractivity contribution in [3.8, 4) is 0 Å². The van der Waals surface area contributed by atoms with E-state index in [4.69, 9.17) is 4.74 Å². The van der Waals surface area contributed by atoms with Crippen molar-refractivity contribution < 1.29 is 9.53 Å². The largest absolute Gasteiger partial charge is 0.379 e. The van der Waals surface area contributed by atoms with Gasteiger partial charge in [0.25, 0.3) is 0 Å². The molecule has 0 aliphatic carbocycles. The summed E-state index contributed by atoms with van der Waals surface area (Å²) in [6, 6.07) is 0.676. The van der Waals surface area contributed by atoms with Gasteiger partial charge in [-0.15, -0.1) is 24.8 Å². The fourth-order valence-electron chi connectivity index (χ4n) is 2.30. The number of carbonyl (C=O) groups is 1. The zero-order valence-electron chi connectivity index (χ0n) is 9.34. The third-order valence-corrected chi connectivity index (χ3v) is 3.21. The maximum atomic E-state index is 10.5. The van der Waals surface area contributed by atoms with E-state index in [9.17, 15) is 4.79 Å². The second-order valence-corrected chi connectivity index (χ2v) is 4.02. The van der Waals surface area contributed by atoms with Crippen LogP contribution >= 0.6 is 24.8 Å². The van der Waals surface area contributed by atoms with E-state index in [0.29, 0.717) is 6.04 Å². The van der Waals surface area contributed by atoms with Crippen molar-refractivity contribution in [2.24, 2.45) is 0 Å². The van der Waals surface area contributed by atoms with Gasteiger partial charge in [0.2, 0.25) is 6.41 Å². The van der Waals surface area contributed by atoms with Crippen LogP contribution in [0.2, 0.25) is 0 Å². The summed E-state index contributed by atoms with van der Waals surface area (Å²) in [7, 11) is 0. The zero-order valence-corrected chi connectivity index (χ0v) is 11.0. The van der Waals surface area contributed by atoms with Gasteiger partial charge < -0.3 is 9.64 Å². The third kappa shape index (κ3) is 4.09. The molecule has 4 nitrogen and oxygen atoms in total. The van der Waals surface area contributed by atoms with Gasteiger partial charge in [-0.3, -0.25) is 9.69 Å². The van der Waals surface area contributed by atoms with Gasteiger partial charge in [0, 0.05) is 32.2 Å². The minimum absolute atomic E-state index is 0. The Morgan fingerprint density at radius 2 is 1.56 bits per heavy atom. The fourth-order valence-corrected chi connectivity index (χ4v) is 2.30. The lowest BCUT2D eigenvalue weighted by Gasteiger charge is -2.39. The summed E-state index contributed by atoms with van der Waals surface area (Å²) in [5, 5.41) is 0. The summed E-state index contributed by atoms with van der Waals surface area (Å²) in [6.07, 6.45) is 3.22. The standard InChI is InChI=1S/C10H18N2O2.2ClH/c13-9-11-3-1-10(2-4-11)12-5-7-14-8-6-12;;/h9-10H,1-8H2;2*1H. The van der Waals surface area contributed by atoms with Gasteiger partial charge in [0.1, 0.15) is 0 Å². The highest BCUT2D eigenvalue weighted by Crippen LogP contribution is 2.16. The number of likely N-dealkylation sites (tertiary alicyclic amines) is 1. The lowest BCUT2D eigenvalue weighted by Crippen LogP contribution is -2.48. The lowest BCUT2D eigenvalue weighted by molar-refractivity contribution is -0.119. The highest BCUT2D eigenvalue weighted by molar-refractivity contribution is 5.85. The summed E-state index contributed by atoms with van der Waals surface area (Å²) in [5.41, 5.74) is 0. The van der Waals surface area contributed by atoms with Crippen LogP contribution in [0.4, 0.5) is 0 Å². The second-order valence-electron chi connectivity index (χ2n) is 4.02. The molecule has 96 valence electrons. The van der Waals surface area contributed by atoms with Crippen molar-refractivity contribution in [1.82, 2.24) is 9.80 Å². The number of rotatable bonds is 2. The van der Waals surface area contributed by atoms with Crippen LogP contribution in [-0.2, 0) is 9.53 Å². The third-order valence-electron chi connectivity index (χ3n) is 3.21. The first-order valence-electron chi connectivity index (χ1n) is 5.41. The minimum Gasteiger partial charge on any atom is -0.379 e. The Kier molecular flexibility index (Phi) is 8.10. The normalized spacial score (nSPS) is 23.1. The highest BCUT2D eigenvalue weighted by atomic mass is 35.5. The molecule has 6 heteroatoms. The summed E-state index contributed by atoms with van der Waals surface area (Å²) >= 11 is 0. The SMILES string of the molecule is Cl.Cl.O=CN1CCC(N2CCOCC2)CC1. The number of morpholine rings is 1. The van der Waals surface area contributed by atoms with Crippen molar-refractivity contribution in [1.29, 1.82) is 0 Å². The number of hydrogen-bond donors (Lipinski definition) is 0. The Bertz CT molecular complexity index is 193. The van der Waals surface area contributed by atoms with Crippen LogP contribution < -0.4 is 0 Å². The predicted octanol–water partition coefficient (Wildman–Crippen LogP) is 0.783. The predicted molar refractivity (Wildman–Crippen MR) is 67.5 cm³/mol. The van der Waals surface area contributed by atoms with Gasteiger partial charge in [-0.25, -0.2) is 0 Å². The molecule has 0 spiro atoms. The van der Waals surface area contributed by atoms with E-state index in [1.54, 1.807) is 0 Å². The number of carbonyl (C=O) groups excluding carboxylic acids is 1. The number of hydrogen-bond acceptors (Lipinski definition) is 3. The molecular weight excluding hydrogens is 251 g/mol. The molecule has 0 saturated carbocycles. The van der Waals surface area contributed by atoms with Crippen LogP contribution in [-0.4, -0.2) is 61.6 Å². The molecule has 2 saturated heterocycles. The maximum absolute atomic E-state index is 10.5. The van der Waals surface area contributed by atoms with Crippen LogP contribution in [0, 0.1) is 0 Å². The van der Waals surface area contributed by atoms with Crippen LogP contribution in [0.15, 0.2) is 0 Å². The molecule has 0 N–H and O–H groups in total. The smallest absolute Gasteiger partial charge is 0.209 e. The number of nitrogens with zero attached hydrogens (tertiary/aromatic N) is 2. The summed E-state index contributed by atoms with van der Waals surface area (Å²) in [4.78, 5) is 14.9. The fraction of sp³-hybridized carbons (Fsp3) is 0.900. The molecule has 0 radical (unpaired) electrons. The summed E-state index contributed by atoms with van der Waals surface area (Å²) < 4.78 is 5.32. The van der Waals surface area contributed by atoms with Gasteiger partial charge in [-0.05, 0) is 12.8 Å². The van der Waals surface area contributed by atoms with E-state index in [1.807, 2.05) is 4.90 Å². The van der Waals surface area contributed by atoms with Crippen molar-refractivity contribution in [3.05, 3.63) is 0 Å². The van der Waals surface area contributed by atoms with E-state index in [2.05, 4.69) is 4.90 Å². The van der Waals surface area contributed by atoms with Crippen LogP contribution in [0.25, 0.3) is 0 Å². The Morgan fingerprint density at radius 3 is 2.06 bits per heavy atom. The van der Waals surface area contributed by atoms with Crippen molar-refractivity contribution in [2.75, 3.05) is 39.4 Å². The van der Waals surface area contributed by atoms with Crippen LogP contribution in [0.1, 0.15) is 12.8 Å². The Morgan fingerprint density at radius 1 is 1.00 bits per heavy atom. The molecule has 0 aromatic rings. The first-order chi connectivity index (χ1) is 6.90. The highest BCUT2D eigenvalue weighted by Gasteiger charge is 2.24. The van der Waals surface area contributed by atoms with Crippen LogP contribution in [0.5, 0.6) is 0 Å². The number of halogens is 2. The molecule has 0 aromatic heterocycles. The lowest BCUT2D eigenvalue weighted by atomic mass is 10.0. The van der Waals surface area contributed by atoms with E-state index in [0.717, 1.165) is 58.6 Å². The topological polar surface area (TPSA) is 32.8 Å². The van der Waals surface area contributed by atoms with E-state index in [1.165, 1.54) is 0 Å². The first-order valence-corrected chi connectivity index (χ1v) is 5.41. The van der Waals surface area contributed by atoms with Gasteiger partial charge in [0.15, 0.2) is 0 Å². The van der Waals surface area contributed by atoms with Gasteiger partial charge in [-0.1, -0.05) is 0 Å². The van der Waals surface area contributed by atoms with Crippen molar-refractivity contribution in [3.63, 3.8) is 0 Å². The molecule has 0 atom stereocenters. The number of piperidine rings is 1. The number of ether oxygens (including phenoxy) is 1. The second kappa shape index (κ2) is 8.12. The Labute approximate surface area is 109 Å². The van der Waals surface area contributed by atoms with Crippen molar-refractivity contribution >= 4 is 31.2 Å². The summed E-state index contributed by atoms with van der Waals surface area (Å²) in [5.74, 6) is 0. The van der Waals surface area contributed by atoms with Crippen molar-refractivity contribution in [2.45, 2.75) is 18.9 Å². The quantitative estimate of drug-likeness (QED) is 0.696. The molecule has 1 amide bonds.